The van der Waals surface area contributed by atoms with E-state index in [2.05, 4.69) is 48.8 Å². The largest absolute Gasteiger partial charge is 0.206 e. The van der Waals surface area contributed by atoms with Crippen molar-refractivity contribution in [3.05, 3.63) is 68.4 Å². The van der Waals surface area contributed by atoms with Gasteiger partial charge in [-0.25, -0.2) is 4.39 Å². The van der Waals surface area contributed by atoms with Gasteiger partial charge in [0.2, 0.25) is 0 Å². The molecule has 0 bridgehead atoms. The van der Waals surface area contributed by atoms with Crippen LogP contribution in [0, 0.1) is 26.6 Å². The predicted molar refractivity (Wildman–Crippen MR) is 82.4 cm³/mol. The molecule has 0 radical (unpaired) electrons. The molecule has 0 amide bonds. The lowest BCUT2D eigenvalue weighted by Crippen LogP contribution is -2.01. The Labute approximate surface area is 126 Å². The topological polar surface area (TPSA) is 0 Å². The monoisotopic (exact) mass is 340 g/mol. The van der Waals surface area contributed by atoms with Crippen LogP contribution in [-0.2, 0) is 0 Å². The quantitative estimate of drug-likeness (QED) is 0.602. The molecule has 1 atom stereocenters. The minimum absolute atomic E-state index is 0.266. The summed E-state index contributed by atoms with van der Waals surface area (Å²) >= 11 is 9.78. The van der Waals surface area contributed by atoms with Crippen molar-refractivity contribution in [3.63, 3.8) is 0 Å². The summed E-state index contributed by atoms with van der Waals surface area (Å²) in [5.41, 5.74) is 5.55. The summed E-state index contributed by atoms with van der Waals surface area (Å²) in [6.07, 6.45) is 0. The zero-order chi connectivity index (χ0) is 14.2. The Morgan fingerprint density at radius 3 is 2.16 bits per heavy atom. The zero-order valence-electron chi connectivity index (χ0n) is 11.1. The fourth-order valence-corrected chi connectivity index (χ4v) is 3.30. The average Bonchev–Trinajstić information content (AvgIpc) is 2.31. The van der Waals surface area contributed by atoms with Gasteiger partial charge in [-0.2, -0.15) is 0 Å². The van der Waals surface area contributed by atoms with E-state index in [1.807, 2.05) is 0 Å². The number of benzene rings is 2. The first-order chi connectivity index (χ1) is 8.90. The van der Waals surface area contributed by atoms with E-state index >= 15 is 0 Å². The first-order valence-electron chi connectivity index (χ1n) is 6.07. The molecule has 0 nitrogen and oxygen atoms in total. The van der Waals surface area contributed by atoms with Gasteiger partial charge in [-0.1, -0.05) is 23.8 Å². The lowest BCUT2D eigenvalue weighted by atomic mass is 9.94. The molecule has 0 aliphatic rings. The minimum Gasteiger partial charge on any atom is -0.206 e. The van der Waals surface area contributed by atoms with E-state index in [1.165, 1.54) is 11.6 Å². The number of alkyl halides is 1. The van der Waals surface area contributed by atoms with Crippen LogP contribution in [-0.4, -0.2) is 0 Å². The van der Waals surface area contributed by atoms with Gasteiger partial charge in [-0.05, 0) is 71.1 Å². The Morgan fingerprint density at radius 2 is 1.63 bits per heavy atom. The number of halogens is 3. The maximum absolute atomic E-state index is 13.3. The molecule has 0 aliphatic heterocycles. The standard InChI is InChI=1S/C16H15BrClF/c1-9-6-10(2)15(11(3)7-9)16(18)12-4-5-14(19)13(17)8-12/h4-8,16H,1-3H3. The van der Waals surface area contributed by atoms with Crippen molar-refractivity contribution in [2.45, 2.75) is 26.1 Å². The van der Waals surface area contributed by atoms with Gasteiger partial charge in [0.05, 0.1) is 9.85 Å². The van der Waals surface area contributed by atoms with Gasteiger partial charge in [-0.3, -0.25) is 0 Å². The molecule has 0 saturated heterocycles. The molecule has 0 aromatic heterocycles. The Morgan fingerprint density at radius 1 is 1.05 bits per heavy atom. The Kier molecular flexibility index (Phi) is 4.32. The Bertz CT molecular complexity index is 599. The molecule has 0 heterocycles. The lowest BCUT2D eigenvalue weighted by molar-refractivity contribution is 0.620. The van der Waals surface area contributed by atoms with Crippen LogP contribution in [0.4, 0.5) is 4.39 Å². The van der Waals surface area contributed by atoms with Crippen molar-refractivity contribution in [2.75, 3.05) is 0 Å². The molecule has 2 aromatic carbocycles. The highest BCUT2D eigenvalue weighted by Gasteiger charge is 2.17. The highest BCUT2D eigenvalue weighted by atomic mass is 79.9. The van der Waals surface area contributed by atoms with Crippen LogP contribution in [0.2, 0.25) is 0 Å². The van der Waals surface area contributed by atoms with E-state index in [1.54, 1.807) is 12.1 Å². The van der Waals surface area contributed by atoms with Crippen molar-refractivity contribution in [2.24, 2.45) is 0 Å². The highest BCUT2D eigenvalue weighted by Crippen LogP contribution is 2.35. The molecule has 0 spiro atoms. The van der Waals surface area contributed by atoms with E-state index in [-0.39, 0.29) is 11.2 Å². The highest BCUT2D eigenvalue weighted by molar-refractivity contribution is 9.10. The molecular weight excluding hydrogens is 327 g/mol. The summed E-state index contributed by atoms with van der Waals surface area (Å²) in [7, 11) is 0. The third-order valence-corrected chi connectivity index (χ3v) is 4.31. The number of hydrogen-bond donors (Lipinski definition) is 0. The van der Waals surface area contributed by atoms with Gasteiger partial charge in [0.25, 0.3) is 0 Å². The molecule has 100 valence electrons. The molecule has 0 N–H and O–H groups in total. The van der Waals surface area contributed by atoms with E-state index in [9.17, 15) is 4.39 Å². The summed E-state index contributed by atoms with van der Waals surface area (Å²) in [5, 5.41) is -0.266. The van der Waals surface area contributed by atoms with Gasteiger partial charge in [0, 0.05) is 0 Å². The predicted octanol–water partition coefficient (Wildman–Crippen LogP) is 5.84. The molecule has 1 unspecified atom stereocenters. The number of hydrogen-bond acceptors (Lipinski definition) is 0. The van der Waals surface area contributed by atoms with Crippen molar-refractivity contribution in [1.82, 2.24) is 0 Å². The molecule has 2 aromatic rings. The van der Waals surface area contributed by atoms with Crippen LogP contribution in [0.25, 0.3) is 0 Å². The van der Waals surface area contributed by atoms with Crippen molar-refractivity contribution >= 4 is 27.5 Å². The normalized spacial score (nSPS) is 12.5. The van der Waals surface area contributed by atoms with Crippen molar-refractivity contribution in [3.8, 4) is 0 Å². The minimum atomic E-state index is -0.273. The Hall–Kier alpha value is -0.860. The van der Waals surface area contributed by atoms with Gasteiger partial charge in [-0.15, -0.1) is 11.6 Å². The van der Waals surface area contributed by atoms with E-state index in [4.69, 9.17) is 11.6 Å². The van der Waals surface area contributed by atoms with Crippen LogP contribution >= 0.6 is 27.5 Å². The first-order valence-corrected chi connectivity index (χ1v) is 7.30. The summed E-state index contributed by atoms with van der Waals surface area (Å²) in [6.45, 7) is 6.19. The Balaban J connectivity index is 2.49. The molecule has 3 heteroatoms. The lowest BCUT2D eigenvalue weighted by Gasteiger charge is -2.17. The number of aryl methyl sites for hydroxylation is 3. The third-order valence-electron chi connectivity index (χ3n) is 3.23. The molecule has 19 heavy (non-hydrogen) atoms. The van der Waals surface area contributed by atoms with Crippen LogP contribution in [0.1, 0.15) is 33.2 Å². The zero-order valence-corrected chi connectivity index (χ0v) is 13.4. The van der Waals surface area contributed by atoms with Crippen molar-refractivity contribution < 1.29 is 4.39 Å². The van der Waals surface area contributed by atoms with Gasteiger partial charge in [0.1, 0.15) is 5.82 Å². The summed E-state index contributed by atoms with van der Waals surface area (Å²) in [4.78, 5) is 0. The van der Waals surface area contributed by atoms with E-state index < -0.39 is 0 Å². The molecule has 2 rings (SSSR count). The summed E-state index contributed by atoms with van der Waals surface area (Å²) in [6, 6.07) is 9.16. The maximum atomic E-state index is 13.3. The SMILES string of the molecule is Cc1cc(C)c(C(Cl)c2ccc(F)c(Br)c2)c(C)c1. The average molecular weight is 342 g/mol. The molecule has 0 aliphatic carbocycles. The van der Waals surface area contributed by atoms with Gasteiger partial charge in [0.15, 0.2) is 0 Å². The van der Waals surface area contributed by atoms with Gasteiger partial charge >= 0.3 is 0 Å². The van der Waals surface area contributed by atoms with E-state index in [0.717, 1.165) is 22.3 Å². The third kappa shape index (κ3) is 3.01. The van der Waals surface area contributed by atoms with Crippen LogP contribution in [0.15, 0.2) is 34.8 Å². The molecule has 0 saturated carbocycles. The smallest absolute Gasteiger partial charge is 0.137 e. The molecule has 0 fully saturated rings. The fourth-order valence-electron chi connectivity index (χ4n) is 2.43. The fraction of sp³-hybridized carbons (Fsp3) is 0.250. The molecular formula is C16H15BrClF. The maximum Gasteiger partial charge on any atom is 0.137 e. The summed E-state index contributed by atoms with van der Waals surface area (Å²) in [5.74, 6) is -0.273. The van der Waals surface area contributed by atoms with Crippen LogP contribution < -0.4 is 0 Å². The second-order valence-corrected chi connectivity index (χ2v) is 6.14. The first kappa shape index (κ1) is 14.5. The number of rotatable bonds is 2. The van der Waals surface area contributed by atoms with Crippen molar-refractivity contribution in [1.29, 1.82) is 0 Å². The summed E-state index contributed by atoms with van der Waals surface area (Å²) < 4.78 is 13.7. The van der Waals surface area contributed by atoms with E-state index in [0.29, 0.717) is 4.47 Å². The van der Waals surface area contributed by atoms with Gasteiger partial charge < -0.3 is 0 Å². The second-order valence-electron chi connectivity index (χ2n) is 4.85. The van der Waals surface area contributed by atoms with Crippen LogP contribution in [0.5, 0.6) is 0 Å². The second kappa shape index (κ2) is 5.64. The van der Waals surface area contributed by atoms with Crippen LogP contribution in [0.3, 0.4) is 0 Å².